The molecule has 22 heavy (non-hydrogen) atoms. The lowest BCUT2D eigenvalue weighted by atomic mass is 10.2. The van der Waals surface area contributed by atoms with E-state index >= 15 is 0 Å². The van der Waals surface area contributed by atoms with Crippen LogP contribution in [0.15, 0.2) is 0 Å². The average Bonchev–Trinajstić information content (AvgIpc) is 2.63. The lowest BCUT2D eigenvalue weighted by Crippen LogP contribution is -2.47. The van der Waals surface area contributed by atoms with Crippen LogP contribution in [0.4, 0.5) is 4.79 Å². The molecular formula is C17H31NO3Si. The quantitative estimate of drug-likeness (QED) is 0.621. The van der Waals surface area contributed by atoms with E-state index in [1.54, 1.807) is 13.8 Å². The van der Waals surface area contributed by atoms with Crippen LogP contribution in [-0.2, 0) is 4.74 Å². The second-order valence-electron chi connectivity index (χ2n) is 7.59. The maximum Gasteiger partial charge on any atom is 0.410 e. The number of hydrogen-bond donors (Lipinski definition) is 1. The van der Waals surface area contributed by atoms with Gasteiger partial charge in [-0.25, -0.2) is 4.79 Å². The first-order valence-corrected chi connectivity index (χ1v) is 10.4. The molecule has 0 spiro atoms. The molecule has 0 saturated carbocycles. The van der Waals surface area contributed by atoms with Crippen LogP contribution in [0.5, 0.6) is 0 Å². The van der Waals surface area contributed by atoms with Crippen LogP contribution in [0.2, 0.25) is 16.6 Å². The standard InChI is InChI=1S/C17H31NO3Si/c1-12(2)22(13(3)4,14(5)6)10-9-15-11-21-17(7,8)18(15)16(19)20/h12-15H,11H2,1-8H3,(H,19,20)/t15-/m0/s1. The molecule has 0 unspecified atom stereocenters. The Labute approximate surface area is 136 Å². The summed E-state index contributed by atoms with van der Waals surface area (Å²) in [6, 6.07) is -0.365. The van der Waals surface area contributed by atoms with Crippen molar-refractivity contribution in [2.45, 2.75) is 83.8 Å². The zero-order valence-electron chi connectivity index (χ0n) is 15.2. The van der Waals surface area contributed by atoms with Crippen molar-refractivity contribution in [3.8, 4) is 11.5 Å². The molecule has 1 aliphatic heterocycles. The lowest BCUT2D eigenvalue weighted by Gasteiger charge is -2.38. The van der Waals surface area contributed by atoms with E-state index in [0.717, 1.165) is 0 Å². The molecule has 0 aromatic rings. The van der Waals surface area contributed by atoms with E-state index in [1.807, 2.05) is 0 Å². The smallest absolute Gasteiger partial charge is 0.410 e. The van der Waals surface area contributed by atoms with Gasteiger partial charge in [-0.15, -0.1) is 5.54 Å². The van der Waals surface area contributed by atoms with Crippen molar-refractivity contribution in [2.75, 3.05) is 6.61 Å². The number of carbonyl (C=O) groups is 1. The lowest BCUT2D eigenvalue weighted by molar-refractivity contribution is -0.0407. The molecule has 4 nitrogen and oxygen atoms in total. The highest BCUT2D eigenvalue weighted by atomic mass is 28.3. The molecule has 1 amide bonds. The molecule has 0 aliphatic carbocycles. The van der Waals surface area contributed by atoms with Crippen molar-refractivity contribution in [3.63, 3.8) is 0 Å². The summed E-state index contributed by atoms with van der Waals surface area (Å²) in [5, 5.41) is 9.47. The Morgan fingerprint density at radius 3 is 2.00 bits per heavy atom. The maximum atomic E-state index is 11.5. The molecule has 0 bridgehead atoms. The Bertz CT molecular complexity index is 452. The van der Waals surface area contributed by atoms with Crippen LogP contribution < -0.4 is 0 Å². The van der Waals surface area contributed by atoms with Crippen molar-refractivity contribution < 1.29 is 14.6 Å². The third kappa shape index (κ3) is 3.33. The second kappa shape index (κ2) is 6.63. The van der Waals surface area contributed by atoms with Crippen LogP contribution in [0.3, 0.4) is 0 Å². The number of hydrogen-bond acceptors (Lipinski definition) is 2. The van der Waals surface area contributed by atoms with E-state index in [-0.39, 0.29) is 6.04 Å². The van der Waals surface area contributed by atoms with E-state index in [4.69, 9.17) is 4.74 Å². The van der Waals surface area contributed by atoms with Gasteiger partial charge in [0.2, 0.25) is 0 Å². The number of carboxylic acid groups (broad SMARTS) is 1. The molecular weight excluding hydrogens is 294 g/mol. The van der Waals surface area contributed by atoms with Gasteiger partial charge in [0.1, 0.15) is 19.8 Å². The predicted octanol–water partition coefficient (Wildman–Crippen LogP) is 4.32. The van der Waals surface area contributed by atoms with Gasteiger partial charge in [0.15, 0.2) is 0 Å². The molecule has 0 radical (unpaired) electrons. The molecule has 1 fully saturated rings. The van der Waals surface area contributed by atoms with Crippen molar-refractivity contribution in [2.24, 2.45) is 0 Å². The molecule has 1 N–H and O–H groups in total. The maximum absolute atomic E-state index is 11.5. The highest BCUT2D eigenvalue weighted by Gasteiger charge is 2.45. The Kier molecular flexibility index (Phi) is 5.75. The summed E-state index contributed by atoms with van der Waals surface area (Å²) in [6.45, 7) is 17.4. The van der Waals surface area contributed by atoms with Crippen LogP contribution >= 0.6 is 0 Å². The average molecular weight is 326 g/mol. The zero-order valence-corrected chi connectivity index (χ0v) is 16.2. The monoisotopic (exact) mass is 325 g/mol. The minimum atomic E-state index is -1.84. The van der Waals surface area contributed by atoms with E-state index < -0.39 is 19.9 Å². The third-order valence-electron chi connectivity index (χ3n) is 5.01. The number of rotatable bonds is 3. The Balaban J connectivity index is 3.21. The molecule has 1 heterocycles. The highest BCUT2D eigenvalue weighted by molar-refractivity contribution is 6.90. The largest absolute Gasteiger partial charge is 0.465 e. The normalized spacial score (nSPS) is 21.4. The van der Waals surface area contributed by atoms with E-state index in [2.05, 4.69) is 53.0 Å². The zero-order chi connectivity index (χ0) is 17.3. The van der Waals surface area contributed by atoms with Gasteiger partial charge in [-0.3, -0.25) is 4.90 Å². The summed E-state index contributed by atoms with van der Waals surface area (Å²) < 4.78 is 5.63. The van der Waals surface area contributed by atoms with Gasteiger partial charge in [0.25, 0.3) is 0 Å². The van der Waals surface area contributed by atoms with Crippen molar-refractivity contribution >= 4 is 14.2 Å². The van der Waals surface area contributed by atoms with Gasteiger partial charge < -0.3 is 9.84 Å². The van der Waals surface area contributed by atoms with Gasteiger partial charge in [0.05, 0.1) is 6.61 Å². The minimum Gasteiger partial charge on any atom is -0.465 e. The van der Waals surface area contributed by atoms with Crippen LogP contribution in [0, 0.1) is 11.5 Å². The van der Waals surface area contributed by atoms with Crippen LogP contribution in [-0.4, -0.2) is 42.5 Å². The predicted molar refractivity (Wildman–Crippen MR) is 92.5 cm³/mol. The van der Waals surface area contributed by atoms with Crippen LogP contribution in [0.25, 0.3) is 0 Å². The summed E-state index contributed by atoms with van der Waals surface area (Å²) in [5.41, 5.74) is 4.40. The van der Waals surface area contributed by atoms with Gasteiger partial charge in [-0.2, -0.15) is 0 Å². The Hall–Kier alpha value is -0.993. The van der Waals surface area contributed by atoms with Crippen LogP contribution in [0.1, 0.15) is 55.4 Å². The summed E-state index contributed by atoms with van der Waals surface area (Å²) in [6.07, 6.45) is -0.965. The molecule has 0 aromatic carbocycles. The van der Waals surface area contributed by atoms with Gasteiger partial charge in [-0.1, -0.05) is 47.5 Å². The fourth-order valence-corrected chi connectivity index (χ4v) is 9.20. The van der Waals surface area contributed by atoms with Crippen molar-refractivity contribution in [1.29, 1.82) is 0 Å². The van der Waals surface area contributed by atoms with Gasteiger partial charge in [-0.05, 0) is 30.5 Å². The second-order valence-corrected chi connectivity index (χ2v) is 13.2. The fourth-order valence-electron chi connectivity index (χ4n) is 3.91. The molecule has 1 atom stereocenters. The topological polar surface area (TPSA) is 49.8 Å². The molecule has 1 rings (SSSR count). The molecule has 126 valence electrons. The molecule has 1 saturated heterocycles. The highest BCUT2D eigenvalue weighted by Crippen LogP contribution is 2.41. The Morgan fingerprint density at radius 1 is 1.18 bits per heavy atom. The minimum absolute atomic E-state index is 0.352. The van der Waals surface area contributed by atoms with Gasteiger partial charge in [0, 0.05) is 0 Å². The number of amides is 1. The summed E-state index contributed by atoms with van der Waals surface area (Å²) in [4.78, 5) is 12.9. The van der Waals surface area contributed by atoms with E-state index in [0.29, 0.717) is 23.2 Å². The van der Waals surface area contributed by atoms with Crippen molar-refractivity contribution in [1.82, 2.24) is 4.90 Å². The number of ether oxygens (including phenoxy) is 1. The molecule has 0 aromatic heterocycles. The third-order valence-corrected chi connectivity index (χ3v) is 11.3. The summed E-state index contributed by atoms with van der Waals surface area (Å²) >= 11 is 0. The first kappa shape index (κ1) is 19.1. The fraction of sp³-hybridized carbons (Fsp3) is 0.824. The number of nitrogens with zero attached hydrogens (tertiary/aromatic N) is 1. The Morgan fingerprint density at radius 2 is 1.64 bits per heavy atom. The molecule has 1 aliphatic rings. The summed E-state index contributed by atoms with van der Waals surface area (Å²) in [7, 11) is -1.84. The SMILES string of the molecule is CC(C)[Si](C#C[C@H]1COC(C)(C)N1C(=O)O)(C(C)C)C(C)C. The summed E-state index contributed by atoms with van der Waals surface area (Å²) in [5.74, 6) is 3.29. The van der Waals surface area contributed by atoms with Crippen molar-refractivity contribution in [3.05, 3.63) is 0 Å². The van der Waals surface area contributed by atoms with E-state index in [9.17, 15) is 9.90 Å². The first-order chi connectivity index (χ1) is 9.96. The van der Waals surface area contributed by atoms with E-state index in [1.165, 1.54) is 4.90 Å². The molecule has 5 heteroatoms. The van der Waals surface area contributed by atoms with Gasteiger partial charge >= 0.3 is 6.09 Å². The first-order valence-electron chi connectivity index (χ1n) is 8.15.